The molecule has 1 nitrogen and oxygen atoms in total. The van der Waals surface area contributed by atoms with Crippen LogP contribution in [-0.4, -0.2) is 6.61 Å². The zero-order chi connectivity index (χ0) is 7.56. The summed E-state index contributed by atoms with van der Waals surface area (Å²) in [6, 6.07) is 1.68. The number of ether oxygens (including phenoxy) is 1. The van der Waals surface area contributed by atoms with Crippen molar-refractivity contribution in [1.82, 2.24) is 0 Å². The van der Waals surface area contributed by atoms with Gasteiger partial charge in [0.2, 0.25) is 0 Å². The lowest BCUT2D eigenvalue weighted by atomic mass is 10.6. The van der Waals surface area contributed by atoms with Crippen molar-refractivity contribution >= 4 is 34.5 Å². The summed E-state index contributed by atoms with van der Waals surface area (Å²) in [6.45, 7) is 2.53. The van der Waals surface area contributed by atoms with Crippen molar-refractivity contribution in [3.8, 4) is 5.06 Å². The second-order valence-electron chi connectivity index (χ2n) is 1.62. The van der Waals surface area contributed by atoms with Gasteiger partial charge in [0, 0.05) is 0 Å². The summed E-state index contributed by atoms with van der Waals surface area (Å²) in [6.07, 6.45) is 0. The Morgan fingerprint density at radius 3 is 2.70 bits per heavy atom. The summed E-state index contributed by atoms with van der Waals surface area (Å²) in [7, 11) is 0. The van der Waals surface area contributed by atoms with E-state index in [1.54, 1.807) is 6.07 Å². The van der Waals surface area contributed by atoms with Crippen LogP contribution in [0.4, 0.5) is 0 Å². The van der Waals surface area contributed by atoms with Crippen LogP contribution in [0.15, 0.2) is 6.07 Å². The first-order valence-electron chi connectivity index (χ1n) is 2.81. The number of thiophene rings is 1. The van der Waals surface area contributed by atoms with Gasteiger partial charge in [-0.15, -0.1) is 0 Å². The van der Waals surface area contributed by atoms with Crippen molar-refractivity contribution in [2.24, 2.45) is 0 Å². The Labute approximate surface area is 73.5 Å². The fourth-order valence-corrected chi connectivity index (χ4v) is 1.96. The zero-order valence-corrected chi connectivity index (χ0v) is 7.69. The average Bonchev–Trinajstić information content (AvgIpc) is 2.13. The summed E-state index contributed by atoms with van der Waals surface area (Å²) in [4.78, 5) is 0. The highest BCUT2D eigenvalue weighted by atomic mass is 35.5. The van der Waals surface area contributed by atoms with Crippen LogP contribution in [0.1, 0.15) is 6.92 Å². The Morgan fingerprint density at radius 2 is 2.30 bits per heavy atom. The minimum atomic E-state index is 0.594. The lowest BCUT2D eigenvalue weighted by Crippen LogP contribution is -1.87. The summed E-state index contributed by atoms with van der Waals surface area (Å²) >= 11 is 12.7. The Kier molecular flexibility index (Phi) is 2.83. The third kappa shape index (κ3) is 1.78. The highest BCUT2D eigenvalue weighted by Crippen LogP contribution is 2.37. The van der Waals surface area contributed by atoms with E-state index in [0.717, 1.165) is 0 Å². The molecule has 0 aliphatic heterocycles. The topological polar surface area (TPSA) is 9.23 Å². The molecule has 10 heavy (non-hydrogen) atoms. The maximum Gasteiger partial charge on any atom is 0.194 e. The molecule has 0 spiro atoms. The van der Waals surface area contributed by atoms with Gasteiger partial charge in [-0.05, 0) is 13.0 Å². The quantitative estimate of drug-likeness (QED) is 0.705. The highest BCUT2D eigenvalue weighted by molar-refractivity contribution is 7.18. The fraction of sp³-hybridized carbons (Fsp3) is 0.333. The van der Waals surface area contributed by atoms with Crippen LogP contribution in [0.25, 0.3) is 0 Å². The predicted octanol–water partition coefficient (Wildman–Crippen LogP) is 3.45. The molecule has 0 atom stereocenters. The molecule has 0 aromatic carbocycles. The van der Waals surface area contributed by atoms with E-state index in [1.165, 1.54) is 11.3 Å². The molecule has 1 rings (SSSR count). The van der Waals surface area contributed by atoms with Gasteiger partial charge >= 0.3 is 0 Å². The van der Waals surface area contributed by atoms with E-state index >= 15 is 0 Å². The Bertz CT molecular complexity index is 222. The van der Waals surface area contributed by atoms with Crippen LogP contribution in [0.5, 0.6) is 5.06 Å². The third-order valence-electron chi connectivity index (χ3n) is 0.901. The standard InChI is InChI=1S/C6H6Cl2OS/c1-2-9-6-4(7)3-5(8)10-6/h3H,2H2,1H3. The normalized spacial score (nSPS) is 9.90. The number of halogens is 2. The molecule has 1 heterocycles. The molecule has 0 fully saturated rings. The van der Waals surface area contributed by atoms with Crippen LogP contribution in [0, 0.1) is 0 Å². The SMILES string of the molecule is CCOc1sc(Cl)cc1Cl. The minimum Gasteiger partial charge on any atom is -0.483 e. The lowest BCUT2D eigenvalue weighted by Gasteiger charge is -1.96. The van der Waals surface area contributed by atoms with Crippen LogP contribution in [0.2, 0.25) is 9.36 Å². The van der Waals surface area contributed by atoms with Gasteiger partial charge in [-0.2, -0.15) is 0 Å². The minimum absolute atomic E-state index is 0.594. The van der Waals surface area contributed by atoms with E-state index in [9.17, 15) is 0 Å². The van der Waals surface area contributed by atoms with E-state index in [2.05, 4.69) is 0 Å². The monoisotopic (exact) mass is 196 g/mol. The van der Waals surface area contributed by atoms with Crippen molar-refractivity contribution < 1.29 is 4.74 Å². The predicted molar refractivity (Wildman–Crippen MR) is 45.5 cm³/mol. The van der Waals surface area contributed by atoms with Gasteiger partial charge in [0.15, 0.2) is 5.06 Å². The number of hydrogen-bond acceptors (Lipinski definition) is 2. The van der Waals surface area contributed by atoms with Crippen molar-refractivity contribution in [1.29, 1.82) is 0 Å². The Morgan fingerprint density at radius 1 is 1.60 bits per heavy atom. The van der Waals surface area contributed by atoms with E-state index in [4.69, 9.17) is 27.9 Å². The van der Waals surface area contributed by atoms with Crippen molar-refractivity contribution in [2.75, 3.05) is 6.61 Å². The highest BCUT2D eigenvalue weighted by Gasteiger charge is 2.04. The van der Waals surface area contributed by atoms with Crippen molar-refractivity contribution in [3.05, 3.63) is 15.4 Å². The summed E-state index contributed by atoms with van der Waals surface area (Å²) in [5, 5.41) is 1.30. The molecule has 0 unspecified atom stereocenters. The molecule has 4 heteroatoms. The van der Waals surface area contributed by atoms with Gasteiger partial charge in [0.1, 0.15) is 0 Å². The molecule has 0 bridgehead atoms. The number of rotatable bonds is 2. The maximum absolute atomic E-state index is 5.72. The molecule has 56 valence electrons. The fourth-order valence-electron chi connectivity index (χ4n) is 0.555. The molecule has 1 aromatic heterocycles. The Hall–Kier alpha value is 0.0800. The smallest absolute Gasteiger partial charge is 0.194 e. The molecule has 0 radical (unpaired) electrons. The molecule has 0 saturated heterocycles. The van der Waals surface area contributed by atoms with Gasteiger partial charge in [0.05, 0.1) is 16.0 Å². The molecule has 0 N–H and O–H groups in total. The molecule has 1 aromatic rings. The first-order chi connectivity index (χ1) is 4.74. The van der Waals surface area contributed by atoms with Gasteiger partial charge in [-0.25, -0.2) is 0 Å². The number of hydrogen-bond donors (Lipinski definition) is 0. The summed E-state index contributed by atoms with van der Waals surface area (Å²) in [5.74, 6) is 0. The Balaban J connectivity index is 2.81. The van der Waals surface area contributed by atoms with E-state index < -0.39 is 0 Å². The molecule has 0 saturated carbocycles. The van der Waals surface area contributed by atoms with E-state index in [0.29, 0.717) is 21.0 Å². The van der Waals surface area contributed by atoms with Gasteiger partial charge in [-0.3, -0.25) is 0 Å². The largest absolute Gasteiger partial charge is 0.483 e. The van der Waals surface area contributed by atoms with E-state index in [-0.39, 0.29) is 0 Å². The molecule has 0 aliphatic rings. The van der Waals surface area contributed by atoms with Gasteiger partial charge < -0.3 is 4.74 Å². The van der Waals surface area contributed by atoms with Crippen LogP contribution < -0.4 is 4.74 Å². The first-order valence-corrected chi connectivity index (χ1v) is 4.39. The lowest BCUT2D eigenvalue weighted by molar-refractivity contribution is 0.350. The second kappa shape index (κ2) is 3.46. The molecule has 0 aliphatic carbocycles. The summed E-state index contributed by atoms with van der Waals surface area (Å²) < 4.78 is 5.82. The summed E-state index contributed by atoms with van der Waals surface area (Å²) in [5.41, 5.74) is 0. The van der Waals surface area contributed by atoms with Gasteiger partial charge in [0.25, 0.3) is 0 Å². The van der Waals surface area contributed by atoms with Crippen LogP contribution in [0.3, 0.4) is 0 Å². The average molecular weight is 197 g/mol. The molecule has 0 amide bonds. The molecular formula is C6H6Cl2OS. The van der Waals surface area contributed by atoms with Gasteiger partial charge in [-0.1, -0.05) is 34.5 Å². The molecular weight excluding hydrogens is 191 g/mol. The first kappa shape index (κ1) is 8.18. The third-order valence-corrected chi connectivity index (χ3v) is 2.47. The van der Waals surface area contributed by atoms with Crippen molar-refractivity contribution in [3.63, 3.8) is 0 Å². The van der Waals surface area contributed by atoms with Crippen LogP contribution in [-0.2, 0) is 0 Å². The van der Waals surface area contributed by atoms with Crippen molar-refractivity contribution in [2.45, 2.75) is 6.92 Å². The van der Waals surface area contributed by atoms with E-state index in [1.807, 2.05) is 6.92 Å². The zero-order valence-electron chi connectivity index (χ0n) is 5.36. The second-order valence-corrected chi connectivity index (χ2v) is 3.67. The van der Waals surface area contributed by atoms with Crippen LogP contribution >= 0.6 is 34.5 Å². The maximum atomic E-state index is 5.72.